The van der Waals surface area contributed by atoms with E-state index in [9.17, 15) is 0 Å². The fraction of sp³-hybridized carbons (Fsp3) is 0.455. The van der Waals surface area contributed by atoms with Crippen LogP contribution >= 0.6 is 0 Å². The molecule has 5 nitrogen and oxygen atoms in total. The molecule has 5 heteroatoms. The normalized spacial score (nSPS) is 17.6. The largest absolute Gasteiger partial charge is 0.383 e. The lowest BCUT2D eigenvalue weighted by Gasteiger charge is -2.35. The Bertz CT molecular complexity index is 933. The number of aromatic nitrogens is 3. The highest BCUT2D eigenvalue weighted by Gasteiger charge is 2.26. The maximum atomic E-state index is 5.25. The summed E-state index contributed by atoms with van der Waals surface area (Å²) in [5.41, 5.74) is 4.99. The molecule has 2 aromatic heterocycles. The molecule has 0 unspecified atom stereocenters. The van der Waals surface area contributed by atoms with Crippen molar-refractivity contribution in [3.8, 4) is 0 Å². The molecular formula is C22H28N4O. The van der Waals surface area contributed by atoms with Crippen molar-refractivity contribution in [1.29, 1.82) is 0 Å². The van der Waals surface area contributed by atoms with Crippen LogP contribution in [0.2, 0.25) is 0 Å². The molecule has 1 aliphatic heterocycles. The van der Waals surface area contributed by atoms with Crippen LogP contribution in [0.1, 0.15) is 35.7 Å². The van der Waals surface area contributed by atoms with Crippen molar-refractivity contribution in [3.05, 3.63) is 53.7 Å². The Labute approximate surface area is 161 Å². The lowest BCUT2D eigenvalue weighted by atomic mass is 9.95. The molecule has 0 aliphatic carbocycles. The average molecular weight is 364 g/mol. The molecule has 0 saturated carbocycles. The van der Waals surface area contributed by atoms with Crippen molar-refractivity contribution in [2.24, 2.45) is 0 Å². The van der Waals surface area contributed by atoms with Gasteiger partial charge in [-0.3, -0.25) is 4.98 Å². The van der Waals surface area contributed by atoms with Crippen LogP contribution in [0.5, 0.6) is 0 Å². The highest BCUT2D eigenvalue weighted by molar-refractivity contribution is 5.94. The van der Waals surface area contributed by atoms with Gasteiger partial charge in [-0.1, -0.05) is 12.1 Å². The summed E-state index contributed by atoms with van der Waals surface area (Å²) >= 11 is 0. The molecule has 4 rings (SSSR count). The maximum Gasteiger partial charge on any atom is 0.113 e. The molecule has 1 aliphatic rings. The Morgan fingerprint density at radius 1 is 1.15 bits per heavy atom. The number of piperidine rings is 1. The molecule has 1 aromatic carbocycles. The van der Waals surface area contributed by atoms with Gasteiger partial charge in [0.2, 0.25) is 0 Å². The minimum Gasteiger partial charge on any atom is -0.383 e. The van der Waals surface area contributed by atoms with E-state index in [1.165, 1.54) is 40.9 Å². The van der Waals surface area contributed by atoms with Crippen LogP contribution in [0.3, 0.4) is 0 Å². The summed E-state index contributed by atoms with van der Waals surface area (Å²) in [7, 11) is 1.75. The van der Waals surface area contributed by atoms with E-state index >= 15 is 0 Å². The number of ether oxygens (including phenoxy) is 1. The Hall–Kier alpha value is -2.40. The zero-order valence-electron chi connectivity index (χ0n) is 16.5. The van der Waals surface area contributed by atoms with Crippen LogP contribution in [0.25, 0.3) is 10.9 Å². The summed E-state index contributed by atoms with van der Waals surface area (Å²) in [6.45, 7) is 7.98. The van der Waals surface area contributed by atoms with E-state index in [-0.39, 0.29) is 0 Å². The van der Waals surface area contributed by atoms with Gasteiger partial charge in [-0.2, -0.15) is 0 Å². The molecule has 0 amide bonds. The van der Waals surface area contributed by atoms with E-state index in [4.69, 9.17) is 4.74 Å². The molecule has 0 N–H and O–H groups in total. The molecule has 1 saturated heterocycles. The quantitative estimate of drug-likeness (QED) is 0.684. The van der Waals surface area contributed by atoms with Crippen LogP contribution in [0, 0.1) is 13.8 Å². The summed E-state index contributed by atoms with van der Waals surface area (Å²) < 4.78 is 7.50. The number of aryl methyl sites for hydroxylation is 2. The van der Waals surface area contributed by atoms with E-state index < -0.39 is 0 Å². The number of imidazole rings is 1. The number of pyridine rings is 1. The van der Waals surface area contributed by atoms with Crippen molar-refractivity contribution in [2.45, 2.75) is 39.2 Å². The summed E-state index contributed by atoms with van der Waals surface area (Å²) in [5.74, 6) is 1.63. The fourth-order valence-electron chi connectivity index (χ4n) is 4.19. The van der Waals surface area contributed by atoms with Crippen molar-refractivity contribution < 1.29 is 4.74 Å². The fourth-order valence-corrected chi connectivity index (χ4v) is 4.19. The maximum absolute atomic E-state index is 5.25. The number of methoxy groups -OCH3 is 1. The van der Waals surface area contributed by atoms with Gasteiger partial charge in [-0.05, 0) is 43.9 Å². The number of benzene rings is 1. The number of hydrogen-bond acceptors (Lipinski definition) is 4. The minimum atomic E-state index is 0.445. The Kier molecular flexibility index (Phi) is 5.12. The lowest BCUT2D eigenvalue weighted by molar-refractivity contribution is 0.185. The van der Waals surface area contributed by atoms with Crippen molar-refractivity contribution in [1.82, 2.24) is 14.5 Å². The van der Waals surface area contributed by atoms with Crippen LogP contribution in [0.4, 0.5) is 5.69 Å². The summed E-state index contributed by atoms with van der Waals surface area (Å²) in [6, 6.07) is 6.60. The average Bonchev–Trinajstić information content (AvgIpc) is 3.17. The van der Waals surface area contributed by atoms with Gasteiger partial charge >= 0.3 is 0 Å². The van der Waals surface area contributed by atoms with Crippen molar-refractivity contribution in [2.75, 3.05) is 31.7 Å². The number of fused-ring (bicyclic) bond motifs is 1. The highest BCUT2D eigenvalue weighted by Crippen LogP contribution is 2.34. The molecular weight excluding hydrogens is 336 g/mol. The van der Waals surface area contributed by atoms with Gasteiger partial charge in [0.15, 0.2) is 0 Å². The van der Waals surface area contributed by atoms with Crippen LogP contribution in [-0.4, -0.2) is 41.3 Å². The monoisotopic (exact) mass is 364 g/mol. The number of anilines is 1. The van der Waals surface area contributed by atoms with Gasteiger partial charge in [0.05, 0.1) is 12.1 Å². The third-order valence-electron chi connectivity index (χ3n) is 5.83. The van der Waals surface area contributed by atoms with E-state index in [1.54, 1.807) is 7.11 Å². The second-order valence-corrected chi connectivity index (χ2v) is 7.49. The van der Waals surface area contributed by atoms with Crippen molar-refractivity contribution in [3.63, 3.8) is 0 Å². The lowest BCUT2D eigenvalue weighted by Crippen LogP contribution is -2.35. The number of nitrogens with zero attached hydrogens (tertiary/aromatic N) is 4. The first-order valence-electron chi connectivity index (χ1n) is 9.79. The molecule has 0 bridgehead atoms. The summed E-state index contributed by atoms with van der Waals surface area (Å²) in [5, 5.41) is 1.25. The minimum absolute atomic E-state index is 0.445. The molecule has 0 spiro atoms. The van der Waals surface area contributed by atoms with E-state index in [2.05, 4.69) is 57.7 Å². The first-order chi connectivity index (χ1) is 13.2. The molecule has 3 heterocycles. The van der Waals surface area contributed by atoms with Gasteiger partial charge in [-0.25, -0.2) is 4.98 Å². The predicted molar refractivity (Wildman–Crippen MR) is 110 cm³/mol. The number of hydrogen-bond donors (Lipinski definition) is 0. The first-order valence-corrected chi connectivity index (χ1v) is 9.79. The van der Waals surface area contributed by atoms with Crippen LogP contribution in [-0.2, 0) is 11.3 Å². The standard InChI is InChI=1S/C22H28N4O/c1-16-6-7-19-20(8-9-23-21(19)17(16)2)26-11-4-5-18(15-26)22-24-10-12-25(22)13-14-27-3/h6-10,12,18H,4-5,11,13-15H2,1-3H3/t18-/m1/s1. The Morgan fingerprint density at radius 3 is 2.89 bits per heavy atom. The smallest absolute Gasteiger partial charge is 0.113 e. The Morgan fingerprint density at radius 2 is 2.04 bits per heavy atom. The summed E-state index contributed by atoms with van der Waals surface area (Å²) in [4.78, 5) is 11.9. The summed E-state index contributed by atoms with van der Waals surface area (Å²) in [6.07, 6.45) is 8.30. The molecule has 142 valence electrons. The SMILES string of the molecule is COCCn1ccnc1[C@@H]1CCCN(c2ccnc3c(C)c(C)ccc23)C1. The number of rotatable bonds is 5. The van der Waals surface area contributed by atoms with E-state index in [0.717, 1.165) is 25.2 Å². The highest BCUT2D eigenvalue weighted by atomic mass is 16.5. The first kappa shape index (κ1) is 18.0. The Balaban J connectivity index is 1.64. The second-order valence-electron chi connectivity index (χ2n) is 7.49. The third kappa shape index (κ3) is 3.44. The van der Waals surface area contributed by atoms with E-state index in [1.807, 2.05) is 12.4 Å². The zero-order valence-corrected chi connectivity index (χ0v) is 16.5. The molecule has 0 radical (unpaired) electrons. The van der Waals surface area contributed by atoms with Gasteiger partial charge < -0.3 is 14.2 Å². The van der Waals surface area contributed by atoms with E-state index in [0.29, 0.717) is 12.5 Å². The molecule has 1 atom stereocenters. The van der Waals surface area contributed by atoms with Gasteiger partial charge in [-0.15, -0.1) is 0 Å². The van der Waals surface area contributed by atoms with Gasteiger partial charge in [0, 0.05) is 62.3 Å². The zero-order chi connectivity index (χ0) is 18.8. The topological polar surface area (TPSA) is 43.2 Å². The second kappa shape index (κ2) is 7.69. The predicted octanol–water partition coefficient (Wildman–Crippen LogP) is 4.08. The molecule has 1 fully saturated rings. The van der Waals surface area contributed by atoms with Gasteiger partial charge in [0.25, 0.3) is 0 Å². The van der Waals surface area contributed by atoms with Crippen molar-refractivity contribution >= 4 is 16.6 Å². The third-order valence-corrected chi connectivity index (χ3v) is 5.83. The van der Waals surface area contributed by atoms with Crippen LogP contribution < -0.4 is 4.90 Å². The molecule has 27 heavy (non-hydrogen) atoms. The van der Waals surface area contributed by atoms with Crippen LogP contribution in [0.15, 0.2) is 36.8 Å². The van der Waals surface area contributed by atoms with Gasteiger partial charge in [0.1, 0.15) is 5.82 Å². The molecule has 3 aromatic rings.